The Morgan fingerprint density at radius 1 is 0.259 bits per heavy atom. The molecule has 9 aromatic rings. The van der Waals surface area contributed by atoms with Crippen molar-refractivity contribution in [2.75, 3.05) is 0 Å². The van der Waals surface area contributed by atoms with Gasteiger partial charge in [-0.15, -0.1) is 0 Å². The highest BCUT2D eigenvalue weighted by Gasteiger charge is 2.22. The van der Waals surface area contributed by atoms with Gasteiger partial charge in [0.15, 0.2) is 0 Å². The van der Waals surface area contributed by atoms with E-state index >= 15 is 0 Å². The first-order valence-electron chi connectivity index (χ1n) is 20.0. The van der Waals surface area contributed by atoms with Gasteiger partial charge >= 0.3 is 0 Å². The van der Waals surface area contributed by atoms with E-state index < -0.39 is 0 Å². The van der Waals surface area contributed by atoms with Crippen LogP contribution in [0.1, 0.15) is 101 Å². The summed E-state index contributed by atoms with van der Waals surface area (Å²) in [4.78, 5) is 0. The Morgan fingerprint density at radius 2 is 0.556 bits per heavy atom. The van der Waals surface area contributed by atoms with Crippen LogP contribution in [0.5, 0.6) is 0 Å². The number of fused-ring (bicyclic) bond motifs is 9. The summed E-state index contributed by atoms with van der Waals surface area (Å²) in [5, 5.41) is 15.7. The predicted molar refractivity (Wildman–Crippen MR) is 239 cm³/mol. The lowest BCUT2D eigenvalue weighted by atomic mass is 9.81. The maximum Gasteiger partial charge on any atom is -0.00259 e. The lowest BCUT2D eigenvalue weighted by Crippen LogP contribution is -1.98. The Labute approximate surface area is 320 Å². The molecule has 0 bridgehead atoms. The monoisotopic (exact) mass is 698 g/mol. The van der Waals surface area contributed by atoms with Gasteiger partial charge in [0, 0.05) is 0 Å². The number of benzene rings is 9. The summed E-state index contributed by atoms with van der Waals surface area (Å²) in [6, 6.07) is 51.8. The van der Waals surface area contributed by atoms with Crippen LogP contribution in [0, 0.1) is 0 Å². The second kappa shape index (κ2) is 13.1. The van der Waals surface area contributed by atoms with E-state index in [-0.39, 0.29) is 0 Å². The van der Waals surface area contributed by atoms with Crippen LogP contribution in [0.25, 0.3) is 86.9 Å². The van der Waals surface area contributed by atoms with Gasteiger partial charge in [-0.25, -0.2) is 0 Å². The van der Waals surface area contributed by atoms with E-state index in [9.17, 15) is 0 Å². The van der Waals surface area contributed by atoms with Gasteiger partial charge in [-0.1, -0.05) is 165 Å². The van der Waals surface area contributed by atoms with Crippen LogP contribution in [-0.2, 0) is 0 Å². The molecule has 0 saturated heterocycles. The second-order valence-electron chi connectivity index (χ2n) is 16.9. The van der Waals surface area contributed by atoms with Crippen LogP contribution in [0.15, 0.2) is 133 Å². The van der Waals surface area contributed by atoms with E-state index in [2.05, 4.69) is 189 Å². The highest BCUT2D eigenvalue weighted by atomic mass is 14.3. The Balaban J connectivity index is 1.54. The van der Waals surface area contributed by atoms with Crippen LogP contribution < -0.4 is 0 Å². The molecule has 54 heavy (non-hydrogen) atoms. The maximum absolute atomic E-state index is 2.56. The molecule has 0 atom stereocenters. The Bertz CT molecular complexity index is 2880. The molecule has 266 valence electrons. The molecule has 0 aliphatic carbocycles. The highest BCUT2D eigenvalue weighted by Crippen LogP contribution is 2.49. The van der Waals surface area contributed by atoms with Crippen molar-refractivity contribution >= 4 is 64.6 Å². The Morgan fingerprint density at radius 3 is 0.926 bits per heavy atom. The zero-order chi connectivity index (χ0) is 37.4. The van der Waals surface area contributed by atoms with Gasteiger partial charge in [0.25, 0.3) is 0 Å². The summed E-state index contributed by atoms with van der Waals surface area (Å²) in [6.45, 7) is 18.6. The molecule has 0 nitrogen and oxygen atoms in total. The Hall–Kier alpha value is -5.46. The zero-order valence-corrected chi connectivity index (χ0v) is 33.0. The Kier molecular flexibility index (Phi) is 8.35. The molecule has 0 amide bonds. The number of hydrogen-bond donors (Lipinski definition) is 0. The van der Waals surface area contributed by atoms with Crippen LogP contribution in [-0.4, -0.2) is 0 Å². The fourth-order valence-corrected chi connectivity index (χ4v) is 8.90. The normalized spacial score (nSPS) is 12.4. The molecule has 0 heteroatoms. The van der Waals surface area contributed by atoms with Crippen molar-refractivity contribution in [3.8, 4) is 22.3 Å². The molecule has 0 heterocycles. The molecule has 0 radical (unpaired) electrons. The molecule has 9 aromatic carbocycles. The first kappa shape index (κ1) is 34.3. The molecule has 0 N–H and O–H groups in total. The summed E-state index contributed by atoms with van der Waals surface area (Å²) in [5.74, 6) is 1.71. The fraction of sp³-hybridized carbons (Fsp3) is 0.222. The van der Waals surface area contributed by atoms with Gasteiger partial charge in [-0.3, -0.25) is 0 Å². The van der Waals surface area contributed by atoms with Gasteiger partial charge in [0.1, 0.15) is 0 Å². The number of rotatable bonds is 6. The summed E-state index contributed by atoms with van der Waals surface area (Å²) in [6.07, 6.45) is 0. The van der Waals surface area contributed by atoms with Crippen molar-refractivity contribution < 1.29 is 0 Å². The van der Waals surface area contributed by atoms with E-state index in [1.165, 1.54) is 109 Å². The molecule has 0 aliphatic heterocycles. The predicted octanol–water partition coefficient (Wildman–Crippen LogP) is 16.4. The minimum Gasteiger partial charge on any atom is -0.0616 e. The van der Waals surface area contributed by atoms with Gasteiger partial charge < -0.3 is 0 Å². The van der Waals surface area contributed by atoms with E-state index in [0.717, 1.165) is 0 Å². The van der Waals surface area contributed by atoms with Crippen molar-refractivity contribution in [1.29, 1.82) is 0 Å². The first-order chi connectivity index (χ1) is 26.1. The molecule has 0 spiro atoms. The van der Waals surface area contributed by atoms with Crippen molar-refractivity contribution in [1.82, 2.24) is 0 Å². The fourth-order valence-electron chi connectivity index (χ4n) is 8.90. The zero-order valence-electron chi connectivity index (χ0n) is 33.0. The summed E-state index contributed by atoms with van der Waals surface area (Å²) < 4.78 is 0. The second-order valence-corrected chi connectivity index (χ2v) is 16.9. The lowest BCUT2D eigenvalue weighted by molar-refractivity contribution is 0.834. The molecule has 0 unspecified atom stereocenters. The van der Waals surface area contributed by atoms with Crippen LogP contribution in [0.3, 0.4) is 0 Å². The van der Waals surface area contributed by atoms with Gasteiger partial charge in [-0.2, -0.15) is 0 Å². The number of hydrogen-bond acceptors (Lipinski definition) is 0. The van der Waals surface area contributed by atoms with Gasteiger partial charge in [-0.05, 0) is 157 Å². The standard InChI is InChI=1S/C54H50/c1-31(2)37-21-38(32(3)4)24-41(23-37)53-45-19-13-14-20-46(45)54(42-25-39(33(5)6)22-40(26-42)34(7)8)52-30-50-48-28-36-16-10-9-15-35(36)27-47(48)43-17-11-12-18-44(43)49(50)29-51(52)53/h9-34H,1-8H3. The van der Waals surface area contributed by atoms with E-state index in [1.807, 2.05) is 0 Å². The molecule has 9 rings (SSSR count). The van der Waals surface area contributed by atoms with E-state index in [1.54, 1.807) is 0 Å². The summed E-state index contributed by atoms with van der Waals surface area (Å²) in [7, 11) is 0. The molecule has 0 aromatic heterocycles. The largest absolute Gasteiger partial charge is 0.0616 e. The highest BCUT2D eigenvalue weighted by molar-refractivity contribution is 6.32. The van der Waals surface area contributed by atoms with Crippen LogP contribution >= 0.6 is 0 Å². The third-order valence-corrected chi connectivity index (χ3v) is 12.0. The molecular weight excluding hydrogens is 649 g/mol. The van der Waals surface area contributed by atoms with Crippen molar-refractivity contribution in [2.24, 2.45) is 0 Å². The van der Waals surface area contributed by atoms with Gasteiger partial charge in [0.2, 0.25) is 0 Å². The minimum absolute atomic E-state index is 0.428. The quantitative estimate of drug-likeness (QED) is 0.120. The van der Waals surface area contributed by atoms with E-state index in [4.69, 9.17) is 0 Å². The third-order valence-electron chi connectivity index (χ3n) is 12.0. The van der Waals surface area contributed by atoms with Crippen molar-refractivity contribution in [2.45, 2.75) is 79.1 Å². The third kappa shape index (κ3) is 5.58. The first-order valence-corrected chi connectivity index (χ1v) is 20.0. The smallest absolute Gasteiger partial charge is 0.00259 e. The van der Waals surface area contributed by atoms with Crippen molar-refractivity contribution in [3.05, 3.63) is 156 Å². The topological polar surface area (TPSA) is 0 Å². The molecular formula is C54H50. The lowest BCUT2D eigenvalue weighted by Gasteiger charge is -2.23. The molecule has 0 saturated carbocycles. The van der Waals surface area contributed by atoms with Crippen LogP contribution in [0.4, 0.5) is 0 Å². The van der Waals surface area contributed by atoms with Crippen LogP contribution in [0.2, 0.25) is 0 Å². The average Bonchev–Trinajstić information content (AvgIpc) is 3.18. The molecule has 0 fully saturated rings. The van der Waals surface area contributed by atoms with Gasteiger partial charge in [0.05, 0.1) is 0 Å². The average molecular weight is 699 g/mol. The van der Waals surface area contributed by atoms with Crippen molar-refractivity contribution in [3.63, 3.8) is 0 Å². The molecule has 0 aliphatic rings. The summed E-state index contributed by atoms with van der Waals surface area (Å²) >= 11 is 0. The summed E-state index contributed by atoms with van der Waals surface area (Å²) in [5.41, 5.74) is 10.9. The van der Waals surface area contributed by atoms with E-state index in [0.29, 0.717) is 23.7 Å². The SMILES string of the molecule is CC(C)c1cc(-c2c3ccccc3c(-c3cc(C(C)C)cc(C(C)C)c3)c3cc4c5cc6ccccc6cc5c5ccccc5c4cc23)cc(C(C)C)c1. The maximum atomic E-state index is 2.56. The minimum atomic E-state index is 0.428.